The molecule has 5 nitrogen and oxygen atoms in total. The quantitative estimate of drug-likeness (QED) is 0.436. The number of likely N-dealkylation sites (tertiary alicyclic amines) is 1. The number of methoxy groups -OCH3 is 1. The minimum atomic E-state index is -0.536. The van der Waals surface area contributed by atoms with Crippen LogP contribution in [0, 0.1) is 11.8 Å². The number of nitrogens with zero attached hydrogens (tertiary/aromatic N) is 2. The maximum absolute atomic E-state index is 11.0. The standard InChI is InChI=1S/C28H42N2O3S/c1-33-23-9-10-27-26(18-23)25(12-14-29-27)28(32)11-8-21-13-15-30(19-22(21)20-31)16-17-34-24-6-4-2-3-5-7-24/h9-10,12,14,18,21-22,24,28,31-32H,2-8,11,13,15-17,19-20H2,1H3/t21-,22-,28+/m1/s1. The van der Waals surface area contributed by atoms with Crippen molar-refractivity contribution in [2.24, 2.45) is 11.8 Å². The van der Waals surface area contributed by atoms with Crippen LogP contribution in [0.3, 0.4) is 0 Å². The molecule has 2 aliphatic rings. The van der Waals surface area contributed by atoms with Gasteiger partial charge in [-0.05, 0) is 80.3 Å². The summed E-state index contributed by atoms with van der Waals surface area (Å²) < 4.78 is 5.38. The van der Waals surface area contributed by atoms with Crippen molar-refractivity contribution in [2.75, 3.05) is 39.1 Å². The summed E-state index contributed by atoms with van der Waals surface area (Å²) in [7, 11) is 1.66. The monoisotopic (exact) mass is 486 g/mol. The Morgan fingerprint density at radius 3 is 2.71 bits per heavy atom. The Labute approximate surface area is 209 Å². The first-order valence-corrected chi connectivity index (χ1v) is 14.3. The topological polar surface area (TPSA) is 65.8 Å². The molecule has 1 aliphatic carbocycles. The molecule has 188 valence electrons. The molecule has 0 amide bonds. The van der Waals surface area contributed by atoms with E-state index >= 15 is 0 Å². The van der Waals surface area contributed by atoms with E-state index in [1.54, 1.807) is 13.3 Å². The largest absolute Gasteiger partial charge is 0.497 e. The van der Waals surface area contributed by atoms with Crippen molar-refractivity contribution in [1.82, 2.24) is 9.88 Å². The summed E-state index contributed by atoms with van der Waals surface area (Å²) in [6, 6.07) is 7.73. The Morgan fingerprint density at radius 2 is 1.94 bits per heavy atom. The molecule has 0 unspecified atom stereocenters. The highest BCUT2D eigenvalue weighted by Gasteiger charge is 2.29. The molecule has 2 heterocycles. The average molecular weight is 487 g/mol. The summed E-state index contributed by atoms with van der Waals surface area (Å²) in [5, 5.41) is 23.0. The highest BCUT2D eigenvalue weighted by molar-refractivity contribution is 7.99. The zero-order valence-corrected chi connectivity index (χ0v) is 21.5. The van der Waals surface area contributed by atoms with Crippen LogP contribution in [-0.4, -0.2) is 64.5 Å². The second kappa shape index (κ2) is 13.1. The number of hydrogen-bond acceptors (Lipinski definition) is 6. The Bertz CT molecular complexity index is 887. The van der Waals surface area contributed by atoms with Gasteiger partial charge in [-0.3, -0.25) is 4.98 Å². The van der Waals surface area contributed by atoms with E-state index in [1.165, 1.54) is 44.3 Å². The molecular formula is C28H42N2O3S. The Hall–Kier alpha value is -1.34. The summed E-state index contributed by atoms with van der Waals surface area (Å²) in [6.07, 6.45) is 12.4. The van der Waals surface area contributed by atoms with E-state index < -0.39 is 6.10 Å². The number of ether oxygens (including phenoxy) is 1. The van der Waals surface area contributed by atoms with Gasteiger partial charge in [0, 0.05) is 42.3 Å². The van der Waals surface area contributed by atoms with E-state index in [-0.39, 0.29) is 6.61 Å². The third-order valence-electron chi connectivity index (χ3n) is 7.93. The maximum Gasteiger partial charge on any atom is 0.119 e. The molecule has 6 heteroatoms. The van der Waals surface area contributed by atoms with E-state index in [9.17, 15) is 10.2 Å². The molecule has 0 spiro atoms. The van der Waals surface area contributed by atoms with Crippen LogP contribution >= 0.6 is 11.8 Å². The number of aliphatic hydroxyl groups is 2. The Morgan fingerprint density at radius 1 is 1.12 bits per heavy atom. The van der Waals surface area contributed by atoms with Gasteiger partial charge in [0.2, 0.25) is 0 Å². The van der Waals surface area contributed by atoms with E-state index in [4.69, 9.17) is 4.74 Å². The number of hydrogen-bond donors (Lipinski definition) is 2. The molecule has 3 atom stereocenters. The van der Waals surface area contributed by atoms with Crippen molar-refractivity contribution < 1.29 is 14.9 Å². The molecule has 0 radical (unpaired) electrons. The van der Waals surface area contributed by atoms with Gasteiger partial charge in [-0.2, -0.15) is 11.8 Å². The van der Waals surface area contributed by atoms with Crippen LogP contribution in [0.1, 0.15) is 69.5 Å². The minimum absolute atomic E-state index is 0.239. The van der Waals surface area contributed by atoms with Crippen molar-refractivity contribution in [3.63, 3.8) is 0 Å². The Balaban J connectivity index is 1.26. The molecule has 1 saturated carbocycles. The molecule has 1 aromatic heterocycles. The fraction of sp³-hybridized carbons (Fsp3) is 0.679. The van der Waals surface area contributed by atoms with Crippen molar-refractivity contribution in [1.29, 1.82) is 0 Å². The van der Waals surface area contributed by atoms with Crippen LogP contribution in [0.25, 0.3) is 10.9 Å². The van der Waals surface area contributed by atoms with Crippen LogP contribution in [0.5, 0.6) is 5.75 Å². The number of benzene rings is 1. The molecule has 1 aliphatic heterocycles. The molecule has 1 aromatic carbocycles. The maximum atomic E-state index is 11.0. The van der Waals surface area contributed by atoms with E-state index in [0.717, 1.165) is 59.9 Å². The summed E-state index contributed by atoms with van der Waals surface area (Å²) in [5.41, 5.74) is 1.79. The average Bonchev–Trinajstić information content (AvgIpc) is 3.15. The number of pyridine rings is 1. The van der Waals surface area contributed by atoms with Crippen molar-refractivity contribution in [3.8, 4) is 5.75 Å². The number of aliphatic hydroxyl groups excluding tert-OH is 2. The molecule has 4 rings (SSSR count). The van der Waals surface area contributed by atoms with Crippen molar-refractivity contribution in [2.45, 2.75) is 69.1 Å². The van der Waals surface area contributed by atoms with Crippen LogP contribution in [0.2, 0.25) is 0 Å². The molecule has 2 fully saturated rings. The number of piperidine rings is 1. The highest BCUT2D eigenvalue weighted by atomic mass is 32.2. The molecule has 2 N–H and O–H groups in total. The zero-order chi connectivity index (χ0) is 23.8. The van der Waals surface area contributed by atoms with Gasteiger partial charge >= 0.3 is 0 Å². The lowest BCUT2D eigenvalue weighted by molar-refractivity contribution is 0.0608. The first-order valence-electron chi connectivity index (χ1n) is 13.2. The third kappa shape index (κ3) is 6.87. The lowest BCUT2D eigenvalue weighted by atomic mass is 9.81. The fourth-order valence-corrected chi connectivity index (χ4v) is 7.16. The lowest BCUT2D eigenvalue weighted by Gasteiger charge is -2.38. The minimum Gasteiger partial charge on any atom is -0.497 e. The molecule has 1 saturated heterocycles. The van der Waals surface area contributed by atoms with E-state index in [0.29, 0.717) is 18.3 Å². The fourth-order valence-electron chi connectivity index (χ4n) is 5.79. The van der Waals surface area contributed by atoms with Crippen LogP contribution in [0.4, 0.5) is 0 Å². The lowest BCUT2D eigenvalue weighted by Crippen LogP contribution is -2.43. The van der Waals surface area contributed by atoms with Crippen LogP contribution < -0.4 is 4.74 Å². The first-order chi connectivity index (χ1) is 16.7. The van der Waals surface area contributed by atoms with Gasteiger partial charge in [-0.25, -0.2) is 0 Å². The summed E-state index contributed by atoms with van der Waals surface area (Å²) >= 11 is 2.18. The Kier molecular flexibility index (Phi) is 9.92. The van der Waals surface area contributed by atoms with Gasteiger partial charge in [-0.1, -0.05) is 25.7 Å². The first kappa shape index (κ1) is 25.7. The SMILES string of the molecule is COc1ccc2nccc([C@@H](O)CC[C@@H]3CCN(CCSC4CCCCCC4)C[C@@H]3CO)c2c1. The second-order valence-electron chi connectivity index (χ2n) is 10.2. The van der Waals surface area contributed by atoms with Crippen LogP contribution in [0.15, 0.2) is 30.5 Å². The number of rotatable bonds is 10. The molecular weight excluding hydrogens is 444 g/mol. The van der Waals surface area contributed by atoms with Gasteiger partial charge in [0.25, 0.3) is 0 Å². The number of aromatic nitrogens is 1. The van der Waals surface area contributed by atoms with E-state index in [2.05, 4.69) is 21.6 Å². The third-order valence-corrected chi connectivity index (χ3v) is 9.29. The number of thioether (sulfide) groups is 1. The smallest absolute Gasteiger partial charge is 0.119 e. The van der Waals surface area contributed by atoms with E-state index in [1.807, 2.05) is 24.3 Å². The predicted molar refractivity (Wildman–Crippen MR) is 142 cm³/mol. The highest BCUT2D eigenvalue weighted by Crippen LogP contribution is 2.34. The van der Waals surface area contributed by atoms with Gasteiger partial charge in [-0.15, -0.1) is 0 Å². The zero-order valence-electron chi connectivity index (χ0n) is 20.7. The normalized spacial score (nSPS) is 23.6. The summed E-state index contributed by atoms with van der Waals surface area (Å²) in [5.74, 6) is 2.76. The number of fused-ring (bicyclic) bond motifs is 1. The predicted octanol–water partition coefficient (Wildman–Crippen LogP) is 5.44. The van der Waals surface area contributed by atoms with Gasteiger partial charge in [0.15, 0.2) is 0 Å². The molecule has 34 heavy (non-hydrogen) atoms. The van der Waals surface area contributed by atoms with Gasteiger partial charge in [0.05, 0.1) is 18.7 Å². The van der Waals surface area contributed by atoms with Crippen molar-refractivity contribution in [3.05, 3.63) is 36.0 Å². The summed E-state index contributed by atoms with van der Waals surface area (Å²) in [6.45, 7) is 3.47. The van der Waals surface area contributed by atoms with Gasteiger partial charge in [0.1, 0.15) is 5.75 Å². The van der Waals surface area contributed by atoms with Crippen LogP contribution in [-0.2, 0) is 0 Å². The molecule has 0 bridgehead atoms. The molecule has 2 aromatic rings. The summed E-state index contributed by atoms with van der Waals surface area (Å²) in [4.78, 5) is 6.99. The van der Waals surface area contributed by atoms with Gasteiger partial charge < -0.3 is 19.8 Å². The van der Waals surface area contributed by atoms with Crippen molar-refractivity contribution >= 4 is 22.7 Å². The second-order valence-corrected chi connectivity index (χ2v) is 11.6.